The summed E-state index contributed by atoms with van der Waals surface area (Å²) in [6.45, 7) is 2.23. The fourth-order valence-electron chi connectivity index (χ4n) is 2.52. The molecule has 0 spiro atoms. The van der Waals surface area contributed by atoms with E-state index in [1.807, 2.05) is 19.4 Å². The molecule has 2 rings (SSSR count). The topological polar surface area (TPSA) is 12.0 Å². The summed E-state index contributed by atoms with van der Waals surface area (Å²) < 4.78 is 13.6. The molecule has 0 heterocycles. The zero-order chi connectivity index (χ0) is 11.7. The summed E-state index contributed by atoms with van der Waals surface area (Å²) >= 11 is 1.46. The molecular formula is C13H18FNS. The predicted molar refractivity (Wildman–Crippen MR) is 67.6 cm³/mol. The maximum atomic E-state index is 13.6. The van der Waals surface area contributed by atoms with Gasteiger partial charge in [0.15, 0.2) is 0 Å². The van der Waals surface area contributed by atoms with Crippen molar-refractivity contribution in [2.75, 3.05) is 13.3 Å². The lowest BCUT2D eigenvalue weighted by atomic mass is 9.67. The third-order valence-electron chi connectivity index (χ3n) is 3.75. The fraction of sp³-hybridized carbons (Fsp3) is 0.538. The van der Waals surface area contributed by atoms with Crippen LogP contribution in [-0.4, -0.2) is 19.3 Å². The minimum absolute atomic E-state index is 0.0786. The Morgan fingerprint density at radius 1 is 1.44 bits per heavy atom. The first-order chi connectivity index (χ1) is 7.67. The van der Waals surface area contributed by atoms with E-state index >= 15 is 0 Å². The Kier molecular flexibility index (Phi) is 3.55. The van der Waals surface area contributed by atoms with Gasteiger partial charge in [-0.1, -0.05) is 13.0 Å². The molecule has 1 fully saturated rings. The number of thioether (sulfide) groups is 1. The minimum atomic E-state index is -0.0786. The van der Waals surface area contributed by atoms with Gasteiger partial charge in [0.05, 0.1) is 0 Å². The van der Waals surface area contributed by atoms with Crippen LogP contribution >= 0.6 is 11.8 Å². The third kappa shape index (κ3) is 1.98. The standard InChI is InChI=1S/C13H18FNS/c1-8-10(7-12(8)15-2)9-4-5-13(16-3)11(14)6-9/h4-6,8,10,12,15H,7H2,1-3H3. The molecule has 1 aromatic carbocycles. The maximum Gasteiger partial charge on any atom is 0.137 e. The molecule has 0 radical (unpaired) electrons. The lowest BCUT2D eigenvalue weighted by molar-refractivity contribution is 0.194. The number of hydrogen-bond donors (Lipinski definition) is 1. The van der Waals surface area contributed by atoms with Gasteiger partial charge in [0, 0.05) is 10.9 Å². The second-order valence-electron chi connectivity index (χ2n) is 4.49. The van der Waals surface area contributed by atoms with E-state index in [0.29, 0.717) is 17.9 Å². The van der Waals surface area contributed by atoms with Gasteiger partial charge in [-0.15, -0.1) is 11.8 Å². The second-order valence-corrected chi connectivity index (χ2v) is 5.34. The molecule has 3 atom stereocenters. The van der Waals surface area contributed by atoms with E-state index < -0.39 is 0 Å². The van der Waals surface area contributed by atoms with Crippen LogP contribution in [0.2, 0.25) is 0 Å². The van der Waals surface area contributed by atoms with Crippen LogP contribution in [0.3, 0.4) is 0 Å². The fourth-order valence-corrected chi connectivity index (χ4v) is 2.98. The Bertz CT molecular complexity index is 380. The molecule has 0 saturated heterocycles. The summed E-state index contributed by atoms with van der Waals surface area (Å²) in [6.07, 6.45) is 3.02. The molecule has 1 aliphatic carbocycles. The van der Waals surface area contributed by atoms with E-state index in [1.54, 1.807) is 6.07 Å². The molecule has 1 aliphatic rings. The van der Waals surface area contributed by atoms with Crippen LogP contribution in [0, 0.1) is 11.7 Å². The average molecular weight is 239 g/mol. The van der Waals surface area contributed by atoms with E-state index in [4.69, 9.17) is 0 Å². The Labute approximate surface area is 101 Å². The summed E-state index contributed by atoms with van der Waals surface area (Å²) in [5.41, 5.74) is 1.15. The molecule has 3 heteroatoms. The van der Waals surface area contributed by atoms with E-state index in [1.165, 1.54) is 11.8 Å². The summed E-state index contributed by atoms with van der Waals surface area (Å²) in [5.74, 6) is 1.04. The van der Waals surface area contributed by atoms with E-state index in [0.717, 1.165) is 16.9 Å². The van der Waals surface area contributed by atoms with Crippen molar-refractivity contribution < 1.29 is 4.39 Å². The van der Waals surface area contributed by atoms with Gasteiger partial charge < -0.3 is 5.32 Å². The van der Waals surface area contributed by atoms with Gasteiger partial charge in [-0.3, -0.25) is 0 Å². The van der Waals surface area contributed by atoms with Crippen LogP contribution in [0.4, 0.5) is 4.39 Å². The number of benzene rings is 1. The van der Waals surface area contributed by atoms with Gasteiger partial charge in [-0.25, -0.2) is 4.39 Å². The normalized spacial score (nSPS) is 28.9. The highest BCUT2D eigenvalue weighted by Gasteiger charge is 2.37. The second kappa shape index (κ2) is 4.76. The molecule has 1 aromatic rings. The molecule has 1 saturated carbocycles. The molecular weight excluding hydrogens is 221 g/mol. The molecule has 0 amide bonds. The van der Waals surface area contributed by atoms with Gasteiger partial charge in [-0.2, -0.15) is 0 Å². The highest BCUT2D eigenvalue weighted by atomic mass is 32.2. The number of hydrogen-bond acceptors (Lipinski definition) is 2. The Hall–Kier alpha value is -0.540. The highest BCUT2D eigenvalue weighted by molar-refractivity contribution is 7.98. The Balaban J connectivity index is 2.14. The van der Waals surface area contributed by atoms with Crippen LogP contribution in [0.1, 0.15) is 24.8 Å². The SMILES string of the molecule is CNC1CC(c2ccc(SC)c(F)c2)C1C. The number of rotatable bonds is 3. The van der Waals surface area contributed by atoms with Crippen LogP contribution in [-0.2, 0) is 0 Å². The average Bonchev–Trinajstić information content (AvgIpc) is 2.28. The highest BCUT2D eigenvalue weighted by Crippen LogP contribution is 2.42. The third-order valence-corrected chi connectivity index (χ3v) is 4.52. The zero-order valence-electron chi connectivity index (χ0n) is 9.96. The Morgan fingerprint density at radius 3 is 2.69 bits per heavy atom. The van der Waals surface area contributed by atoms with Crippen LogP contribution < -0.4 is 5.32 Å². The molecule has 0 aliphatic heterocycles. The van der Waals surface area contributed by atoms with Crippen molar-refractivity contribution in [3.63, 3.8) is 0 Å². The summed E-state index contributed by atoms with van der Waals surface area (Å²) in [5, 5.41) is 3.29. The number of halogens is 1. The first-order valence-corrected chi connectivity index (χ1v) is 6.90. The molecule has 16 heavy (non-hydrogen) atoms. The van der Waals surface area contributed by atoms with Crippen molar-refractivity contribution in [2.45, 2.75) is 30.2 Å². The monoisotopic (exact) mass is 239 g/mol. The Morgan fingerprint density at radius 2 is 2.19 bits per heavy atom. The maximum absolute atomic E-state index is 13.6. The van der Waals surface area contributed by atoms with E-state index in [-0.39, 0.29) is 5.82 Å². The van der Waals surface area contributed by atoms with E-state index in [2.05, 4.69) is 18.3 Å². The van der Waals surface area contributed by atoms with Crippen molar-refractivity contribution in [3.05, 3.63) is 29.6 Å². The van der Waals surface area contributed by atoms with Crippen LogP contribution in [0.5, 0.6) is 0 Å². The molecule has 1 nitrogen and oxygen atoms in total. The van der Waals surface area contributed by atoms with Gasteiger partial charge in [0.1, 0.15) is 5.82 Å². The lowest BCUT2D eigenvalue weighted by Gasteiger charge is -2.43. The molecule has 0 aromatic heterocycles. The quantitative estimate of drug-likeness (QED) is 0.813. The molecule has 0 bridgehead atoms. The lowest BCUT2D eigenvalue weighted by Crippen LogP contribution is -2.46. The summed E-state index contributed by atoms with van der Waals surface area (Å²) in [4.78, 5) is 0.737. The van der Waals surface area contributed by atoms with Gasteiger partial charge >= 0.3 is 0 Å². The van der Waals surface area contributed by atoms with Gasteiger partial charge in [0.2, 0.25) is 0 Å². The van der Waals surface area contributed by atoms with Crippen LogP contribution in [0.15, 0.2) is 23.1 Å². The van der Waals surface area contributed by atoms with Crippen molar-refractivity contribution in [1.82, 2.24) is 5.32 Å². The summed E-state index contributed by atoms with van der Waals surface area (Å²) in [7, 11) is 1.99. The predicted octanol–water partition coefficient (Wildman–Crippen LogP) is 3.26. The smallest absolute Gasteiger partial charge is 0.137 e. The van der Waals surface area contributed by atoms with Crippen LogP contribution in [0.25, 0.3) is 0 Å². The molecule has 88 valence electrons. The first kappa shape index (κ1) is 11.9. The molecule has 1 N–H and O–H groups in total. The first-order valence-electron chi connectivity index (χ1n) is 5.68. The van der Waals surface area contributed by atoms with Crippen molar-refractivity contribution >= 4 is 11.8 Å². The molecule has 3 unspecified atom stereocenters. The number of nitrogens with one attached hydrogen (secondary N) is 1. The van der Waals surface area contributed by atoms with E-state index in [9.17, 15) is 4.39 Å². The van der Waals surface area contributed by atoms with Gasteiger partial charge in [0.25, 0.3) is 0 Å². The minimum Gasteiger partial charge on any atom is -0.317 e. The van der Waals surface area contributed by atoms with Crippen molar-refractivity contribution in [1.29, 1.82) is 0 Å². The zero-order valence-corrected chi connectivity index (χ0v) is 10.8. The largest absolute Gasteiger partial charge is 0.317 e. The van der Waals surface area contributed by atoms with Crippen molar-refractivity contribution in [3.8, 4) is 0 Å². The summed E-state index contributed by atoms with van der Waals surface area (Å²) in [6, 6.07) is 6.27. The van der Waals surface area contributed by atoms with Crippen molar-refractivity contribution in [2.24, 2.45) is 5.92 Å². The van der Waals surface area contributed by atoms with Gasteiger partial charge in [-0.05, 0) is 49.3 Å².